The molecule has 0 spiro atoms. The molecule has 0 saturated carbocycles. The SMILES string of the molecule is CS(=O)(=O)c1ccc(C[C@H]2CCN(C3CCN(c4ncc(Cl)cc4F)CC3)C2=O)cn1. The van der Waals surface area contributed by atoms with E-state index in [2.05, 4.69) is 9.97 Å². The molecule has 0 aliphatic carbocycles. The smallest absolute Gasteiger partial charge is 0.226 e. The molecule has 1 amide bonds. The summed E-state index contributed by atoms with van der Waals surface area (Å²) in [6.07, 6.45) is 6.93. The first kappa shape index (κ1) is 22.0. The summed E-state index contributed by atoms with van der Waals surface area (Å²) in [6, 6.07) is 4.62. The van der Waals surface area contributed by atoms with Gasteiger partial charge in [0.1, 0.15) is 0 Å². The molecule has 2 aromatic heterocycles. The predicted molar refractivity (Wildman–Crippen MR) is 115 cm³/mol. The number of rotatable bonds is 5. The van der Waals surface area contributed by atoms with E-state index in [1.54, 1.807) is 12.3 Å². The van der Waals surface area contributed by atoms with Gasteiger partial charge in [0.2, 0.25) is 5.91 Å². The van der Waals surface area contributed by atoms with E-state index in [1.165, 1.54) is 18.3 Å². The molecule has 0 N–H and O–H groups in total. The molecule has 0 unspecified atom stereocenters. The molecule has 4 heterocycles. The van der Waals surface area contributed by atoms with Gasteiger partial charge < -0.3 is 9.80 Å². The Morgan fingerprint density at radius 1 is 1.13 bits per heavy atom. The minimum absolute atomic E-state index is 0.0361. The van der Waals surface area contributed by atoms with Crippen molar-refractivity contribution in [1.82, 2.24) is 14.9 Å². The van der Waals surface area contributed by atoms with Crippen LogP contribution in [0.5, 0.6) is 0 Å². The van der Waals surface area contributed by atoms with Gasteiger partial charge >= 0.3 is 0 Å². The molecular weight excluding hydrogens is 443 g/mol. The summed E-state index contributed by atoms with van der Waals surface area (Å²) in [4.78, 5) is 25.0. The molecule has 0 radical (unpaired) electrons. The standard InChI is InChI=1S/C21H24ClFN4O3S/c1-31(29,30)19-3-2-14(12-24-19)10-15-4-9-27(21(15)28)17-5-7-26(8-6-17)20-18(23)11-16(22)13-25-20/h2-3,11-13,15,17H,4-10H2,1H3/t15-/m1/s1. The number of halogens is 2. The number of aromatic nitrogens is 2. The second-order valence-electron chi connectivity index (χ2n) is 8.18. The van der Waals surface area contributed by atoms with Crippen molar-refractivity contribution >= 4 is 33.2 Å². The highest BCUT2D eigenvalue weighted by Crippen LogP contribution is 2.30. The number of carbonyl (C=O) groups excluding carboxylic acids is 1. The highest BCUT2D eigenvalue weighted by molar-refractivity contribution is 7.90. The Bertz CT molecular complexity index is 1070. The quantitative estimate of drug-likeness (QED) is 0.673. The van der Waals surface area contributed by atoms with Gasteiger partial charge in [-0.2, -0.15) is 0 Å². The summed E-state index contributed by atoms with van der Waals surface area (Å²) in [5.74, 6) is -0.127. The number of pyridine rings is 2. The first-order chi connectivity index (χ1) is 14.7. The largest absolute Gasteiger partial charge is 0.354 e. The van der Waals surface area contributed by atoms with Gasteiger partial charge in [-0.1, -0.05) is 17.7 Å². The fourth-order valence-corrected chi connectivity index (χ4v) is 5.08. The van der Waals surface area contributed by atoms with Crippen molar-refractivity contribution < 1.29 is 17.6 Å². The molecule has 1 atom stereocenters. The average molecular weight is 467 g/mol. The summed E-state index contributed by atoms with van der Waals surface area (Å²) in [7, 11) is -3.34. The fraction of sp³-hybridized carbons (Fsp3) is 0.476. The molecule has 10 heteroatoms. The zero-order valence-electron chi connectivity index (χ0n) is 17.2. The number of likely N-dealkylation sites (tertiary alicyclic amines) is 1. The van der Waals surface area contributed by atoms with Crippen LogP contribution in [-0.4, -0.2) is 61.1 Å². The third kappa shape index (κ3) is 4.82. The Balaban J connectivity index is 1.34. The van der Waals surface area contributed by atoms with Crippen LogP contribution in [-0.2, 0) is 21.1 Å². The first-order valence-electron chi connectivity index (χ1n) is 10.2. The molecule has 166 valence electrons. The number of hydrogen-bond donors (Lipinski definition) is 0. The Hall–Kier alpha value is -2.26. The Kier molecular flexibility index (Phi) is 6.16. The minimum atomic E-state index is -3.34. The van der Waals surface area contributed by atoms with Gasteiger partial charge in [-0.15, -0.1) is 0 Å². The maximum absolute atomic E-state index is 14.2. The van der Waals surface area contributed by atoms with Crippen molar-refractivity contribution in [2.45, 2.75) is 36.8 Å². The Morgan fingerprint density at radius 2 is 1.87 bits per heavy atom. The maximum atomic E-state index is 14.2. The zero-order valence-corrected chi connectivity index (χ0v) is 18.7. The minimum Gasteiger partial charge on any atom is -0.354 e. The molecule has 2 aromatic rings. The molecule has 0 aromatic carbocycles. The molecule has 7 nitrogen and oxygen atoms in total. The van der Waals surface area contributed by atoms with E-state index < -0.39 is 15.7 Å². The van der Waals surface area contributed by atoms with Crippen molar-refractivity contribution in [2.75, 3.05) is 30.8 Å². The van der Waals surface area contributed by atoms with Crippen LogP contribution in [0.3, 0.4) is 0 Å². The lowest BCUT2D eigenvalue weighted by molar-refractivity contribution is -0.133. The monoisotopic (exact) mass is 466 g/mol. The number of nitrogens with zero attached hydrogens (tertiary/aromatic N) is 4. The molecule has 0 bridgehead atoms. The van der Waals surface area contributed by atoms with Crippen LogP contribution in [0.2, 0.25) is 5.02 Å². The van der Waals surface area contributed by atoms with Gasteiger partial charge in [-0.05, 0) is 43.4 Å². The van der Waals surface area contributed by atoms with Crippen LogP contribution < -0.4 is 4.90 Å². The Morgan fingerprint density at radius 3 is 2.48 bits per heavy atom. The highest BCUT2D eigenvalue weighted by Gasteiger charge is 2.37. The van der Waals surface area contributed by atoms with E-state index in [0.29, 0.717) is 31.9 Å². The number of sulfone groups is 1. The summed E-state index contributed by atoms with van der Waals surface area (Å²) in [5.41, 5.74) is 0.853. The van der Waals surface area contributed by atoms with Gasteiger partial charge in [0.25, 0.3) is 0 Å². The van der Waals surface area contributed by atoms with Crippen molar-refractivity contribution in [3.8, 4) is 0 Å². The molecule has 2 fully saturated rings. The van der Waals surface area contributed by atoms with Gasteiger partial charge in [0.05, 0.1) is 5.02 Å². The summed E-state index contributed by atoms with van der Waals surface area (Å²) < 4.78 is 37.2. The van der Waals surface area contributed by atoms with Crippen molar-refractivity contribution in [2.24, 2.45) is 5.92 Å². The van der Waals surface area contributed by atoms with Crippen molar-refractivity contribution in [3.63, 3.8) is 0 Å². The lowest BCUT2D eigenvalue weighted by atomic mass is 9.99. The fourth-order valence-electron chi connectivity index (χ4n) is 4.38. The Labute approximate surface area is 186 Å². The molecule has 4 rings (SSSR count). The molecule has 31 heavy (non-hydrogen) atoms. The summed E-state index contributed by atoms with van der Waals surface area (Å²) in [5, 5.41) is 0.306. The average Bonchev–Trinajstić information content (AvgIpc) is 3.08. The molecule has 2 saturated heterocycles. The topological polar surface area (TPSA) is 83.5 Å². The van der Waals surface area contributed by atoms with Crippen LogP contribution in [0.25, 0.3) is 0 Å². The van der Waals surface area contributed by atoms with Crippen LogP contribution in [0.15, 0.2) is 35.6 Å². The lowest BCUT2D eigenvalue weighted by Gasteiger charge is -2.37. The third-order valence-electron chi connectivity index (χ3n) is 6.00. The zero-order chi connectivity index (χ0) is 22.2. The van der Waals surface area contributed by atoms with Gasteiger partial charge in [0.15, 0.2) is 26.5 Å². The number of amides is 1. The summed E-state index contributed by atoms with van der Waals surface area (Å²) >= 11 is 5.78. The number of carbonyl (C=O) groups is 1. The van der Waals surface area contributed by atoms with Crippen LogP contribution in [0.1, 0.15) is 24.8 Å². The second-order valence-corrected chi connectivity index (χ2v) is 10.6. The van der Waals surface area contributed by atoms with Crippen molar-refractivity contribution in [1.29, 1.82) is 0 Å². The molecule has 2 aliphatic rings. The molecular formula is C21H24ClFN4O3S. The maximum Gasteiger partial charge on any atom is 0.226 e. The summed E-state index contributed by atoms with van der Waals surface area (Å²) in [6.45, 7) is 1.96. The lowest BCUT2D eigenvalue weighted by Crippen LogP contribution is -2.46. The normalized spacial score (nSPS) is 20.5. The van der Waals surface area contributed by atoms with E-state index in [0.717, 1.165) is 31.1 Å². The van der Waals surface area contributed by atoms with E-state index in [4.69, 9.17) is 11.6 Å². The van der Waals surface area contributed by atoms with Gasteiger partial charge in [-0.3, -0.25) is 4.79 Å². The van der Waals surface area contributed by atoms with Gasteiger partial charge in [-0.25, -0.2) is 22.8 Å². The van der Waals surface area contributed by atoms with Crippen LogP contribution in [0, 0.1) is 11.7 Å². The van der Waals surface area contributed by atoms with Gasteiger partial charge in [0, 0.05) is 50.2 Å². The number of anilines is 1. The third-order valence-corrected chi connectivity index (χ3v) is 7.21. The van der Waals surface area contributed by atoms with E-state index in [-0.39, 0.29) is 27.9 Å². The number of hydrogen-bond acceptors (Lipinski definition) is 6. The van der Waals surface area contributed by atoms with E-state index in [9.17, 15) is 17.6 Å². The second kappa shape index (κ2) is 8.70. The van der Waals surface area contributed by atoms with Crippen LogP contribution in [0.4, 0.5) is 10.2 Å². The molecule has 2 aliphatic heterocycles. The van der Waals surface area contributed by atoms with Crippen LogP contribution >= 0.6 is 11.6 Å². The first-order valence-corrected chi connectivity index (χ1v) is 12.5. The van der Waals surface area contributed by atoms with Crippen molar-refractivity contribution in [3.05, 3.63) is 47.0 Å². The number of piperidine rings is 1. The predicted octanol–water partition coefficient (Wildman–Crippen LogP) is 2.73. The highest BCUT2D eigenvalue weighted by atomic mass is 35.5. The van der Waals surface area contributed by atoms with E-state index >= 15 is 0 Å². The van der Waals surface area contributed by atoms with E-state index in [1.807, 2.05) is 9.80 Å².